The van der Waals surface area contributed by atoms with E-state index in [1.54, 1.807) is 6.92 Å². The van der Waals surface area contributed by atoms with Crippen molar-refractivity contribution in [3.05, 3.63) is 0 Å². The van der Waals surface area contributed by atoms with Gasteiger partial charge >= 0.3 is 0 Å². The van der Waals surface area contributed by atoms with Crippen molar-refractivity contribution in [1.29, 1.82) is 0 Å². The van der Waals surface area contributed by atoms with Crippen molar-refractivity contribution in [2.45, 2.75) is 60.5 Å². The van der Waals surface area contributed by atoms with E-state index in [0.717, 1.165) is 12.8 Å². The van der Waals surface area contributed by atoms with Crippen LogP contribution in [-0.2, 0) is 4.79 Å². The molecule has 0 radical (unpaired) electrons. The topological polar surface area (TPSA) is 49.3 Å². The molecule has 102 valence electrons. The standard InChI is InChI=1S/C14H29NO2/c1-10(2)8-14(5,6)13(17)15-9-11(3)7-12(4)16/h10-12,16H,7-9H2,1-6H3,(H,15,17). The van der Waals surface area contributed by atoms with E-state index in [2.05, 4.69) is 19.2 Å². The Labute approximate surface area is 106 Å². The highest BCUT2D eigenvalue weighted by Gasteiger charge is 2.28. The van der Waals surface area contributed by atoms with Gasteiger partial charge in [0.2, 0.25) is 5.91 Å². The zero-order chi connectivity index (χ0) is 13.6. The van der Waals surface area contributed by atoms with Crippen molar-refractivity contribution in [3.63, 3.8) is 0 Å². The number of carbonyl (C=O) groups is 1. The Morgan fingerprint density at radius 1 is 1.24 bits per heavy atom. The average Bonchev–Trinajstić information content (AvgIpc) is 2.10. The number of nitrogens with one attached hydrogen (secondary N) is 1. The van der Waals surface area contributed by atoms with E-state index in [1.165, 1.54) is 0 Å². The highest BCUT2D eigenvalue weighted by molar-refractivity contribution is 5.81. The van der Waals surface area contributed by atoms with Crippen LogP contribution in [0.25, 0.3) is 0 Å². The first kappa shape index (κ1) is 16.4. The van der Waals surface area contributed by atoms with Crippen LogP contribution in [0.5, 0.6) is 0 Å². The molecule has 0 aromatic carbocycles. The lowest BCUT2D eigenvalue weighted by Gasteiger charge is -2.26. The average molecular weight is 243 g/mol. The second-order valence-electron chi connectivity index (χ2n) is 6.38. The molecule has 0 rings (SSSR count). The Hall–Kier alpha value is -0.570. The molecule has 17 heavy (non-hydrogen) atoms. The highest BCUT2D eigenvalue weighted by atomic mass is 16.3. The van der Waals surface area contributed by atoms with Gasteiger partial charge in [0.15, 0.2) is 0 Å². The summed E-state index contributed by atoms with van der Waals surface area (Å²) < 4.78 is 0. The number of hydrogen-bond acceptors (Lipinski definition) is 2. The molecule has 3 heteroatoms. The van der Waals surface area contributed by atoms with E-state index in [-0.39, 0.29) is 17.4 Å². The Morgan fingerprint density at radius 2 is 1.76 bits per heavy atom. The summed E-state index contributed by atoms with van der Waals surface area (Å²) in [7, 11) is 0. The molecule has 2 N–H and O–H groups in total. The van der Waals surface area contributed by atoms with Gasteiger partial charge in [-0.2, -0.15) is 0 Å². The molecule has 0 saturated heterocycles. The third kappa shape index (κ3) is 7.37. The van der Waals surface area contributed by atoms with E-state index < -0.39 is 0 Å². The number of carbonyl (C=O) groups excluding carboxylic acids is 1. The Morgan fingerprint density at radius 3 is 2.18 bits per heavy atom. The van der Waals surface area contributed by atoms with Crippen molar-refractivity contribution >= 4 is 5.91 Å². The lowest BCUT2D eigenvalue weighted by atomic mass is 9.83. The Balaban J connectivity index is 4.08. The maximum Gasteiger partial charge on any atom is 0.225 e. The third-order valence-electron chi connectivity index (χ3n) is 2.89. The van der Waals surface area contributed by atoms with E-state index in [0.29, 0.717) is 18.4 Å². The number of aliphatic hydroxyl groups excluding tert-OH is 1. The fraction of sp³-hybridized carbons (Fsp3) is 0.929. The first-order valence-electron chi connectivity index (χ1n) is 6.61. The molecule has 0 aromatic heterocycles. The lowest BCUT2D eigenvalue weighted by molar-refractivity contribution is -0.130. The monoisotopic (exact) mass is 243 g/mol. The van der Waals surface area contributed by atoms with E-state index in [9.17, 15) is 9.90 Å². The van der Waals surface area contributed by atoms with Gasteiger partial charge in [0.1, 0.15) is 0 Å². The summed E-state index contributed by atoms with van der Waals surface area (Å²) >= 11 is 0. The summed E-state index contributed by atoms with van der Waals surface area (Å²) in [5.41, 5.74) is -0.307. The summed E-state index contributed by atoms with van der Waals surface area (Å²) in [5.74, 6) is 0.947. The number of amides is 1. The zero-order valence-corrected chi connectivity index (χ0v) is 12.2. The molecule has 0 aromatic rings. The summed E-state index contributed by atoms with van der Waals surface area (Å²) in [6.45, 7) is 12.7. The van der Waals surface area contributed by atoms with Gasteiger partial charge in [0.05, 0.1) is 6.10 Å². The van der Waals surface area contributed by atoms with Crippen molar-refractivity contribution < 1.29 is 9.90 Å². The quantitative estimate of drug-likeness (QED) is 0.722. The molecule has 0 heterocycles. The largest absolute Gasteiger partial charge is 0.393 e. The maximum absolute atomic E-state index is 12.0. The summed E-state index contributed by atoms with van der Waals surface area (Å²) in [6, 6.07) is 0. The van der Waals surface area contributed by atoms with E-state index in [4.69, 9.17) is 0 Å². The van der Waals surface area contributed by atoms with Crippen molar-refractivity contribution in [3.8, 4) is 0 Å². The second kappa shape index (κ2) is 7.00. The molecule has 0 spiro atoms. The van der Waals surface area contributed by atoms with Crippen LogP contribution in [0.1, 0.15) is 54.4 Å². The maximum atomic E-state index is 12.0. The van der Waals surface area contributed by atoms with Crippen LogP contribution in [-0.4, -0.2) is 23.7 Å². The van der Waals surface area contributed by atoms with Crippen LogP contribution >= 0.6 is 0 Å². The van der Waals surface area contributed by atoms with Gasteiger partial charge in [-0.15, -0.1) is 0 Å². The molecule has 0 fully saturated rings. The predicted octanol–water partition coefficient (Wildman–Crippen LogP) is 2.58. The highest BCUT2D eigenvalue weighted by Crippen LogP contribution is 2.25. The fourth-order valence-electron chi connectivity index (χ4n) is 2.29. The molecular formula is C14H29NO2. The molecule has 0 aliphatic heterocycles. The van der Waals surface area contributed by atoms with Crippen LogP contribution in [0, 0.1) is 17.3 Å². The van der Waals surface area contributed by atoms with Crippen molar-refractivity contribution in [2.75, 3.05) is 6.54 Å². The van der Waals surface area contributed by atoms with E-state index in [1.807, 2.05) is 20.8 Å². The van der Waals surface area contributed by atoms with E-state index >= 15 is 0 Å². The summed E-state index contributed by atoms with van der Waals surface area (Å²) in [5, 5.41) is 12.2. The minimum atomic E-state index is -0.307. The Kier molecular flexibility index (Phi) is 6.76. The second-order valence-corrected chi connectivity index (χ2v) is 6.38. The normalized spacial score (nSPS) is 15.8. The zero-order valence-electron chi connectivity index (χ0n) is 12.2. The van der Waals surface area contributed by atoms with Crippen LogP contribution in [0.4, 0.5) is 0 Å². The van der Waals surface area contributed by atoms with Gasteiger partial charge in [-0.3, -0.25) is 4.79 Å². The smallest absolute Gasteiger partial charge is 0.225 e. The van der Waals surface area contributed by atoms with Crippen molar-refractivity contribution in [2.24, 2.45) is 17.3 Å². The molecule has 2 unspecified atom stereocenters. The molecular weight excluding hydrogens is 214 g/mol. The van der Waals surface area contributed by atoms with Gasteiger partial charge in [0.25, 0.3) is 0 Å². The SMILES string of the molecule is CC(C)CC(C)(C)C(=O)NCC(C)CC(C)O. The van der Waals surface area contributed by atoms with Gasteiger partial charge < -0.3 is 10.4 Å². The van der Waals surface area contributed by atoms with Crippen LogP contribution in [0.15, 0.2) is 0 Å². The predicted molar refractivity (Wildman–Crippen MR) is 71.7 cm³/mol. The Bertz CT molecular complexity index is 234. The molecule has 1 amide bonds. The van der Waals surface area contributed by atoms with Gasteiger partial charge in [0, 0.05) is 12.0 Å². The lowest BCUT2D eigenvalue weighted by Crippen LogP contribution is -2.40. The summed E-state index contributed by atoms with van der Waals surface area (Å²) in [6.07, 6.45) is 1.32. The minimum absolute atomic E-state index is 0.114. The van der Waals surface area contributed by atoms with Crippen LogP contribution in [0.2, 0.25) is 0 Å². The number of aliphatic hydroxyl groups is 1. The van der Waals surface area contributed by atoms with Gasteiger partial charge in [-0.1, -0.05) is 34.6 Å². The third-order valence-corrected chi connectivity index (χ3v) is 2.89. The van der Waals surface area contributed by atoms with Gasteiger partial charge in [-0.25, -0.2) is 0 Å². The number of rotatable bonds is 7. The summed E-state index contributed by atoms with van der Waals surface area (Å²) in [4.78, 5) is 12.0. The van der Waals surface area contributed by atoms with Crippen molar-refractivity contribution in [1.82, 2.24) is 5.32 Å². The van der Waals surface area contributed by atoms with Crippen LogP contribution in [0.3, 0.4) is 0 Å². The molecule has 3 nitrogen and oxygen atoms in total. The first-order chi connectivity index (χ1) is 7.65. The van der Waals surface area contributed by atoms with Gasteiger partial charge in [-0.05, 0) is 31.6 Å². The molecule has 0 aliphatic rings. The molecule has 0 bridgehead atoms. The number of hydrogen-bond donors (Lipinski definition) is 2. The molecule has 0 saturated carbocycles. The fourth-order valence-corrected chi connectivity index (χ4v) is 2.29. The molecule has 2 atom stereocenters. The molecule has 0 aliphatic carbocycles. The first-order valence-corrected chi connectivity index (χ1v) is 6.61. The minimum Gasteiger partial charge on any atom is -0.393 e. The van der Waals surface area contributed by atoms with Crippen LogP contribution < -0.4 is 5.32 Å².